The highest BCUT2D eigenvalue weighted by Crippen LogP contribution is 2.13. The van der Waals surface area contributed by atoms with E-state index in [0.29, 0.717) is 18.7 Å². The number of hydrogen-bond donors (Lipinski definition) is 2. The Morgan fingerprint density at radius 2 is 2.33 bits per heavy atom. The fourth-order valence-corrected chi connectivity index (χ4v) is 2.19. The Morgan fingerprint density at radius 3 is 3.00 bits per heavy atom. The number of rotatable bonds is 3. The van der Waals surface area contributed by atoms with Crippen molar-refractivity contribution in [2.24, 2.45) is 0 Å². The molecule has 4 nitrogen and oxygen atoms in total. The number of carbonyl (C=O) groups excluding carboxylic acids is 1. The van der Waals surface area contributed by atoms with Crippen LogP contribution in [-0.4, -0.2) is 36.9 Å². The van der Waals surface area contributed by atoms with Crippen molar-refractivity contribution in [3.8, 4) is 11.8 Å². The summed E-state index contributed by atoms with van der Waals surface area (Å²) in [5.74, 6) is 3.95. The third kappa shape index (κ3) is 4.55. The van der Waals surface area contributed by atoms with Crippen molar-refractivity contribution in [3.63, 3.8) is 0 Å². The zero-order valence-electron chi connectivity index (χ0n) is 11.7. The molecule has 1 fully saturated rings. The maximum atomic E-state index is 13.9. The van der Waals surface area contributed by atoms with Crippen molar-refractivity contribution in [2.75, 3.05) is 19.8 Å². The molecule has 2 N–H and O–H groups in total. The van der Waals surface area contributed by atoms with Crippen LogP contribution in [0.5, 0.6) is 0 Å². The van der Waals surface area contributed by atoms with Gasteiger partial charge in [0.05, 0.1) is 11.7 Å². The second kappa shape index (κ2) is 7.77. The molecule has 1 unspecified atom stereocenters. The number of ether oxygens (including phenoxy) is 1. The molecule has 0 saturated carbocycles. The van der Waals surface area contributed by atoms with Gasteiger partial charge in [-0.05, 0) is 37.5 Å². The Hall–Kier alpha value is -1.90. The molecule has 2 rings (SSSR count). The molecule has 1 aliphatic rings. The van der Waals surface area contributed by atoms with Crippen LogP contribution in [0.1, 0.15) is 35.2 Å². The van der Waals surface area contributed by atoms with E-state index in [4.69, 9.17) is 9.84 Å². The lowest BCUT2D eigenvalue weighted by Gasteiger charge is -2.22. The van der Waals surface area contributed by atoms with Gasteiger partial charge >= 0.3 is 0 Å². The van der Waals surface area contributed by atoms with Gasteiger partial charge in [0.1, 0.15) is 12.4 Å². The number of amides is 1. The van der Waals surface area contributed by atoms with Crippen LogP contribution in [0.25, 0.3) is 0 Å². The fourth-order valence-electron chi connectivity index (χ4n) is 2.19. The molecule has 1 aromatic rings. The molecule has 1 atom stereocenters. The number of aliphatic hydroxyl groups is 1. The van der Waals surface area contributed by atoms with Crippen molar-refractivity contribution in [1.82, 2.24) is 5.32 Å². The van der Waals surface area contributed by atoms with Gasteiger partial charge in [0.15, 0.2) is 0 Å². The van der Waals surface area contributed by atoms with E-state index < -0.39 is 11.7 Å². The highest BCUT2D eigenvalue weighted by molar-refractivity contribution is 5.94. The predicted molar refractivity (Wildman–Crippen MR) is 76.3 cm³/mol. The first-order valence-corrected chi connectivity index (χ1v) is 7.00. The first-order valence-electron chi connectivity index (χ1n) is 7.00. The Balaban J connectivity index is 1.95. The molecular weight excluding hydrogens is 273 g/mol. The normalized spacial score (nSPS) is 17.7. The van der Waals surface area contributed by atoms with Gasteiger partial charge in [-0.1, -0.05) is 11.8 Å². The van der Waals surface area contributed by atoms with Crippen LogP contribution >= 0.6 is 0 Å². The maximum absolute atomic E-state index is 13.9. The molecule has 1 aliphatic heterocycles. The van der Waals surface area contributed by atoms with Crippen LogP contribution in [-0.2, 0) is 4.74 Å². The third-order valence-electron chi connectivity index (χ3n) is 3.29. The SMILES string of the molecule is O=C(NCC1CCCCO1)c1ccc(C#CCO)cc1F. The first-order chi connectivity index (χ1) is 10.2. The summed E-state index contributed by atoms with van der Waals surface area (Å²) < 4.78 is 19.4. The lowest BCUT2D eigenvalue weighted by molar-refractivity contribution is 0.0168. The Labute approximate surface area is 123 Å². The smallest absolute Gasteiger partial charge is 0.254 e. The molecule has 1 aromatic carbocycles. The molecule has 112 valence electrons. The number of hydrogen-bond acceptors (Lipinski definition) is 3. The van der Waals surface area contributed by atoms with E-state index >= 15 is 0 Å². The van der Waals surface area contributed by atoms with Gasteiger partial charge in [-0.15, -0.1) is 0 Å². The Morgan fingerprint density at radius 1 is 1.48 bits per heavy atom. The average molecular weight is 291 g/mol. The summed E-state index contributed by atoms with van der Waals surface area (Å²) in [6.07, 6.45) is 3.07. The second-order valence-corrected chi connectivity index (χ2v) is 4.85. The molecular formula is C16H18FNO3. The predicted octanol–water partition coefficient (Wildman–Crippen LogP) is 1.47. The molecule has 0 bridgehead atoms. The zero-order chi connectivity index (χ0) is 15.1. The largest absolute Gasteiger partial charge is 0.384 e. The zero-order valence-corrected chi connectivity index (χ0v) is 11.7. The number of nitrogens with one attached hydrogen (secondary N) is 1. The van der Waals surface area contributed by atoms with Crippen LogP contribution < -0.4 is 5.32 Å². The maximum Gasteiger partial charge on any atom is 0.254 e. The summed E-state index contributed by atoms with van der Waals surface area (Å²) in [5.41, 5.74) is 0.411. The molecule has 0 radical (unpaired) electrons. The lowest BCUT2D eigenvalue weighted by atomic mass is 10.1. The fraction of sp³-hybridized carbons (Fsp3) is 0.438. The van der Waals surface area contributed by atoms with Crippen LogP contribution in [0.2, 0.25) is 0 Å². The van der Waals surface area contributed by atoms with Gasteiger partial charge in [0.2, 0.25) is 0 Å². The molecule has 1 amide bonds. The van der Waals surface area contributed by atoms with Crippen molar-refractivity contribution < 1.29 is 19.0 Å². The number of halogens is 1. The van der Waals surface area contributed by atoms with Crippen LogP contribution in [0, 0.1) is 17.7 Å². The minimum Gasteiger partial charge on any atom is -0.384 e. The highest BCUT2D eigenvalue weighted by Gasteiger charge is 2.17. The second-order valence-electron chi connectivity index (χ2n) is 4.85. The molecule has 1 saturated heterocycles. The van der Waals surface area contributed by atoms with Crippen molar-refractivity contribution in [2.45, 2.75) is 25.4 Å². The minimum absolute atomic E-state index is 0.0136. The van der Waals surface area contributed by atoms with Crippen LogP contribution in [0.3, 0.4) is 0 Å². The van der Waals surface area contributed by atoms with Gasteiger partial charge in [0, 0.05) is 18.7 Å². The standard InChI is InChI=1S/C16H18FNO3/c17-15-10-12(4-3-8-19)6-7-14(15)16(20)18-11-13-5-1-2-9-21-13/h6-7,10,13,19H,1-2,5,8-9,11H2,(H,18,20). The molecule has 1 heterocycles. The topological polar surface area (TPSA) is 58.6 Å². The van der Waals surface area contributed by atoms with Gasteiger partial charge in [-0.2, -0.15) is 0 Å². The van der Waals surface area contributed by atoms with E-state index in [1.165, 1.54) is 12.1 Å². The van der Waals surface area contributed by atoms with Gasteiger partial charge in [-0.25, -0.2) is 4.39 Å². The minimum atomic E-state index is -0.623. The van der Waals surface area contributed by atoms with E-state index in [0.717, 1.165) is 19.3 Å². The number of benzene rings is 1. The van der Waals surface area contributed by atoms with E-state index in [1.807, 2.05) is 0 Å². The quantitative estimate of drug-likeness (QED) is 0.829. The summed E-state index contributed by atoms with van der Waals surface area (Å²) in [4.78, 5) is 12.0. The molecule has 5 heteroatoms. The molecule has 21 heavy (non-hydrogen) atoms. The third-order valence-corrected chi connectivity index (χ3v) is 3.29. The summed E-state index contributed by atoms with van der Waals surface area (Å²) in [6.45, 7) is 0.822. The van der Waals surface area contributed by atoms with Gasteiger partial charge in [-0.3, -0.25) is 4.79 Å². The number of aliphatic hydroxyl groups excluding tert-OH is 1. The number of carbonyl (C=O) groups is 1. The Kier molecular flexibility index (Phi) is 5.73. The van der Waals surface area contributed by atoms with Crippen molar-refractivity contribution in [1.29, 1.82) is 0 Å². The van der Waals surface area contributed by atoms with Gasteiger partial charge < -0.3 is 15.2 Å². The lowest BCUT2D eigenvalue weighted by Crippen LogP contribution is -2.35. The van der Waals surface area contributed by atoms with Gasteiger partial charge in [0.25, 0.3) is 5.91 Å². The van der Waals surface area contributed by atoms with Crippen LogP contribution in [0.4, 0.5) is 4.39 Å². The Bertz CT molecular complexity index is 556. The summed E-state index contributed by atoms with van der Waals surface area (Å²) >= 11 is 0. The summed E-state index contributed by atoms with van der Waals surface area (Å²) in [7, 11) is 0. The average Bonchev–Trinajstić information content (AvgIpc) is 2.51. The highest BCUT2D eigenvalue weighted by atomic mass is 19.1. The van der Waals surface area contributed by atoms with Crippen molar-refractivity contribution in [3.05, 3.63) is 35.1 Å². The molecule has 0 spiro atoms. The van der Waals surface area contributed by atoms with E-state index in [1.54, 1.807) is 6.07 Å². The van der Waals surface area contributed by atoms with Crippen LogP contribution in [0.15, 0.2) is 18.2 Å². The van der Waals surface area contributed by atoms with E-state index in [9.17, 15) is 9.18 Å². The summed E-state index contributed by atoms with van der Waals surface area (Å²) in [5, 5.41) is 11.3. The first kappa shape index (κ1) is 15.5. The van der Waals surface area contributed by atoms with E-state index in [2.05, 4.69) is 17.2 Å². The molecule has 0 aliphatic carbocycles. The summed E-state index contributed by atoms with van der Waals surface area (Å²) in [6, 6.07) is 4.14. The van der Waals surface area contributed by atoms with E-state index in [-0.39, 0.29) is 18.3 Å². The monoisotopic (exact) mass is 291 g/mol. The van der Waals surface area contributed by atoms with Crippen molar-refractivity contribution >= 4 is 5.91 Å². The molecule has 0 aromatic heterocycles.